The Hall–Kier alpha value is -1.03. The zero-order valence-corrected chi connectivity index (χ0v) is 13.7. The van der Waals surface area contributed by atoms with Crippen molar-refractivity contribution in [2.24, 2.45) is 0 Å². The molecule has 106 valence electrons. The highest BCUT2D eigenvalue weighted by molar-refractivity contribution is 9.10. The highest BCUT2D eigenvalue weighted by atomic mass is 79.9. The standard InChI is InChI=1S/C16H16BrClO2/c1-10-3-4-11(8-14(10)18)15(19)9-12-7-13(17)5-6-16(12)20-2/h3-8,15,19H,9H2,1-2H3. The topological polar surface area (TPSA) is 29.5 Å². The average molecular weight is 356 g/mol. The van der Waals surface area contributed by atoms with Crippen LogP contribution in [0.25, 0.3) is 0 Å². The molecule has 2 aromatic carbocycles. The van der Waals surface area contributed by atoms with Crippen molar-refractivity contribution in [3.63, 3.8) is 0 Å². The Morgan fingerprint density at radius 2 is 2.00 bits per heavy atom. The first-order valence-electron chi connectivity index (χ1n) is 6.28. The lowest BCUT2D eigenvalue weighted by molar-refractivity contribution is 0.177. The molecule has 2 aromatic rings. The number of hydrogen-bond acceptors (Lipinski definition) is 2. The van der Waals surface area contributed by atoms with Gasteiger partial charge in [0.15, 0.2) is 0 Å². The van der Waals surface area contributed by atoms with Gasteiger partial charge in [0.05, 0.1) is 13.2 Å². The second-order valence-electron chi connectivity index (χ2n) is 4.68. The lowest BCUT2D eigenvalue weighted by atomic mass is 10.00. The first-order chi connectivity index (χ1) is 9.51. The largest absolute Gasteiger partial charge is 0.496 e. The van der Waals surface area contributed by atoms with Crippen LogP contribution in [0, 0.1) is 6.92 Å². The van der Waals surface area contributed by atoms with Crippen LogP contribution in [0.1, 0.15) is 22.8 Å². The summed E-state index contributed by atoms with van der Waals surface area (Å²) in [6, 6.07) is 11.4. The molecule has 0 amide bonds. The van der Waals surface area contributed by atoms with Crippen molar-refractivity contribution in [2.75, 3.05) is 7.11 Å². The Morgan fingerprint density at radius 1 is 1.25 bits per heavy atom. The maximum atomic E-state index is 10.4. The third kappa shape index (κ3) is 3.54. The fourth-order valence-electron chi connectivity index (χ4n) is 2.05. The van der Waals surface area contributed by atoms with E-state index in [2.05, 4.69) is 15.9 Å². The number of aliphatic hydroxyl groups excluding tert-OH is 1. The van der Waals surface area contributed by atoms with Gasteiger partial charge in [0.1, 0.15) is 5.75 Å². The quantitative estimate of drug-likeness (QED) is 0.861. The predicted octanol–water partition coefficient (Wildman–Crippen LogP) is 4.70. The normalized spacial score (nSPS) is 12.2. The molecule has 0 heterocycles. The first kappa shape index (κ1) is 15.4. The average Bonchev–Trinajstić information content (AvgIpc) is 2.42. The van der Waals surface area contributed by atoms with E-state index in [4.69, 9.17) is 16.3 Å². The zero-order chi connectivity index (χ0) is 14.7. The lowest BCUT2D eigenvalue weighted by Gasteiger charge is -2.15. The molecular weight excluding hydrogens is 340 g/mol. The van der Waals surface area contributed by atoms with E-state index < -0.39 is 6.10 Å². The molecule has 0 aromatic heterocycles. The molecule has 0 saturated carbocycles. The van der Waals surface area contributed by atoms with Crippen molar-refractivity contribution < 1.29 is 9.84 Å². The van der Waals surface area contributed by atoms with Gasteiger partial charge in [0, 0.05) is 15.9 Å². The Morgan fingerprint density at radius 3 is 2.65 bits per heavy atom. The summed E-state index contributed by atoms with van der Waals surface area (Å²) in [5, 5.41) is 11.0. The van der Waals surface area contributed by atoms with Crippen LogP contribution in [0.2, 0.25) is 5.02 Å². The second-order valence-corrected chi connectivity index (χ2v) is 6.01. The molecule has 0 aliphatic rings. The van der Waals surface area contributed by atoms with E-state index in [0.29, 0.717) is 11.4 Å². The van der Waals surface area contributed by atoms with Crippen molar-refractivity contribution >= 4 is 27.5 Å². The molecule has 20 heavy (non-hydrogen) atoms. The van der Waals surface area contributed by atoms with Gasteiger partial charge in [-0.25, -0.2) is 0 Å². The van der Waals surface area contributed by atoms with Crippen LogP contribution in [0.3, 0.4) is 0 Å². The van der Waals surface area contributed by atoms with Crippen molar-refractivity contribution in [1.82, 2.24) is 0 Å². The van der Waals surface area contributed by atoms with E-state index in [1.165, 1.54) is 0 Å². The van der Waals surface area contributed by atoms with Gasteiger partial charge in [-0.05, 0) is 47.9 Å². The van der Waals surface area contributed by atoms with Gasteiger partial charge < -0.3 is 9.84 Å². The molecule has 0 saturated heterocycles. The molecule has 0 radical (unpaired) electrons. The number of ether oxygens (including phenoxy) is 1. The number of halogens is 2. The van der Waals surface area contributed by atoms with Gasteiger partial charge in [-0.3, -0.25) is 0 Å². The molecule has 1 unspecified atom stereocenters. The number of rotatable bonds is 4. The lowest BCUT2D eigenvalue weighted by Crippen LogP contribution is -2.03. The Bertz CT molecular complexity index is 613. The predicted molar refractivity (Wildman–Crippen MR) is 85.5 cm³/mol. The number of aliphatic hydroxyl groups is 1. The third-order valence-electron chi connectivity index (χ3n) is 3.24. The highest BCUT2D eigenvalue weighted by Crippen LogP contribution is 2.29. The molecule has 1 atom stereocenters. The zero-order valence-electron chi connectivity index (χ0n) is 11.4. The monoisotopic (exact) mass is 354 g/mol. The van der Waals surface area contributed by atoms with Crippen LogP contribution in [-0.2, 0) is 6.42 Å². The summed E-state index contributed by atoms with van der Waals surface area (Å²) >= 11 is 9.54. The molecule has 2 rings (SSSR count). The summed E-state index contributed by atoms with van der Waals surface area (Å²) in [6.45, 7) is 1.94. The van der Waals surface area contributed by atoms with Gasteiger partial charge in [-0.1, -0.05) is 39.7 Å². The van der Waals surface area contributed by atoms with Crippen molar-refractivity contribution in [1.29, 1.82) is 0 Å². The number of methoxy groups -OCH3 is 1. The third-order valence-corrected chi connectivity index (χ3v) is 4.14. The number of aryl methyl sites for hydroxylation is 1. The molecule has 4 heteroatoms. The second kappa shape index (κ2) is 6.61. The van der Waals surface area contributed by atoms with Crippen molar-refractivity contribution in [3.05, 3.63) is 62.6 Å². The summed E-state index contributed by atoms with van der Waals surface area (Å²) in [5.74, 6) is 0.769. The first-order valence-corrected chi connectivity index (χ1v) is 7.45. The summed E-state index contributed by atoms with van der Waals surface area (Å²) in [5.41, 5.74) is 2.76. The smallest absolute Gasteiger partial charge is 0.122 e. The van der Waals surface area contributed by atoms with Gasteiger partial charge in [0.25, 0.3) is 0 Å². The highest BCUT2D eigenvalue weighted by Gasteiger charge is 2.13. The minimum Gasteiger partial charge on any atom is -0.496 e. The van der Waals surface area contributed by atoms with Gasteiger partial charge >= 0.3 is 0 Å². The minimum absolute atomic E-state index is 0.474. The van der Waals surface area contributed by atoms with E-state index in [9.17, 15) is 5.11 Å². The summed E-state index contributed by atoms with van der Waals surface area (Å²) in [6.07, 6.45) is -0.140. The molecule has 2 nitrogen and oxygen atoms in total. The van der Waals surface area contributed by atoms with Crippen LogP contribution < -0.4 is 4.74 Å². The molecule has 0 spiro atoms. The summed E-state index contributed by atoms with van der Waals surface area (Å²) in [7, 11) is 1.63. The molecule has 1 N–H and O–H groups in total. The molecule has 0 fully saturated rings. The Kier molecular flexibility index (Phi) is 5.08. The van der Waals surface area contributed by atoms with Crippen molar-refractivity contribution in [2.45, 2.75) is 19.4 Å². The van der Waals surface area contributed by atoms with E-state index in [-0.39, 0.29) is 0 Å². The molecule has 0 bridgehead atoms. The van der Waals surface area contributed by atoms with Gasteiger partial charge in [0.2, 0.25) is 0 Å². The fourth-order valence-corrected chi connectivity index (χ4v) is 2.65. The summed E-state index contributed by atoms with van der Waals surface area (Å²) < 4.78 is 6.28. The van der Waals surface area contributed by atoms with Crippen LogP contribution >= 0.6 is 27.5 Å². The van der Waals surface area contributed by atoms with E-state index >= 15 is 0 Å². The molecular formula is C16H16BrClO2. The van der Waals surface area contributed by atoms with Gasteiger partial charge in [-0.2, -0.15) is 0 Å². The summed E-state index contributed by atoms with van der Waals surface area (Å²) in [4.78, 5) is 0. The Balaban J connectivity index is 2.24. The SMILES string of the molecule is COc1ccc(Br)cc1CC(O)c1ccc(C)c(Cl)c1. The fraction of sp³-hybridized carbons (Fsp3) is 0.250. The van der Waals surface area contributed by atoms with Gasteiger partial charge in [-0.15, -0.1) is 0 Å². The maximum absolute atomic E-state index is 10.4. The van der Waals surface area contributed by atoms with Crippen molar-refractivity contribution in [3.8, 4) is 5.75 Å². The Labute approximate surface area is 132 Å². The van der Waals surface area contributed by atoms with Crippen LogP contribution in [0.4, 0.5) is 0 Å². The van der Waals surface area contributed by atoms with Crippen LogP contribution in [0.15, 0.2) is 40.9 Å². The van der Waals surface area contributed by atoms with Crippen LogP contribution in [0.5, 0.6) is 5.75 Å². The number of hydrogen-bond donors (Lipinski definition) is 1. The van der Waals surface area contributed by atoms with Crippen LogP contribution in [-0.4, -0.2) is 12.2 Å². The molecule has 0 aliphatic heterocycles. The molecule has 0 aliphatic carbocycles. The van der Waals surface area contributed by atoms with E-state index in [1.807, 2.05) is 43.3 Å². The minimum atomic E-state index is -0.615. The van der Waals surface area contributed by atoms with E-state index in [0.717, 1.165) is 26.9 Å². The number of benzene rings is 2. The maximum Gasteiger partial charge on any atom is 0.122 e. The van der Waals surface area contributed by atoms with E-state index in [1.54, 1.807) is 7.11 Å².